The Kier molecular flexibility index (Phi) is 2.81. The summed E-state index contributed by atoms with van der Waals surface area (Å²) < 4.78 is 3.18. The fourth-order valence-corrected chi connectivity index (χ4v) is 3.22. The Labute approximate surface area is 113 Å². The van der Waals surface area contributed by atoms with Gasteiger partial charge >= 0.3 is 0 Å². The highest BCUT2D eigenvalue weighted by atomic mass is 32.1. The van der Waals surface area contributed by atoms with Gasteiger partial charge in [-0.15, -0.1) is 0 Å². The lowest BCUT2D eigenvalue weighted by atomic mass is 10.0. The molecule has 1 fully saturated rings. The summed E-state index contributed by atoms with van der Waals surface area (Å²) >= 11 is 5.48. The second-order valence-corrected chi connectivity index (χ2v) is 6.17. The molecule has 1 N–H and O–H groups in total. The van der Waals surface area contributed by atoms with Gasteiger partial charge in [0.1, 0.15) is 0 Å². The van der Waals surface area contributed by atoms with Gasteiger partial charge in [0.15, 0.2) is 4.77 Å². The molecule has 0 atom stereocenters. The number of rotatable bonds is 4. The Morgan fingerprint density at radius 1 is 1.39 bits per heavy atom. The summed E-state index contributed by atoms with van der Waals surface area (Å²) in [4.78, 5) is 3.32. The monoisotopic (exact) mass is 260 g/mol. The average molecular weight is 260 g/mol. The van der Waals surface area contributed by atoms with E-state index in [2.05, 4.69) is 41.6 Å². The first kappa shape index (κ1) is 12.0. The SMILES string of the molecule is CCCC1(Cn2c(=S)[nH]c3ccc(C)cc32)CC1. The molecule has 0 aliphatic heterocycles. The van der Waals surface area contributed by atoms with Crippen molar-refractivity contribution in [2.24, 2.45) is 5.41 Å². The summed E-state index contributed by atoms with van der Waals surface area (Å²) in [5.74, 6) is 0. The van der Waals surface area contributed by atoms with Crippen LogP contribution in [0.4, 0.5) is 0 Å². The van der Waals surface area contributed by atoms with Gasteiger partial charge in [0.2, 0.25) is 0 Å². The van der Waals surface area contributed by atoms with Gasteiger partial charge in [-0.1, -0.05) is 19.4 Å². The molecule has 1 aromatic heterocycles. The lowest BCUT2D eigenvalue weighted by Gasteiger charge is -2.15. The third kappa shape index (κ3) is 2.01. The predicted molar refractivity (Wildman–Crippen MR) is 78.4 cm³/mol. The van der Waals surface area contributed by atoms with Crippen molar-refractivity contribution in [3.05, 3.63) is 28.5 Å². The second-order valence-electron chi connectivity index (χ2n) is 5.79. The van der Waals surface area contributed by atoms with Crippen LogP contribution in [0, 0.1) is 17.1 Å². The van der Waals surface area contributed by atoms with E-state index in [-0.39, 0.29) is 0 Å². The first-order chi connectivity index (χ1) is 8.63. The van der Waals surface area contributed by atoms with E-state index in [0.717, 1.165) is 16.8 Å². The number of H-pyrrole nitrogens is 1. The van der Waals surface area contributed by atoms with Gasteiger partial charge < -0.3 is 9.55 Å². The summed E-state index contributed by atoms with van der Waals surface area (Å²) in [5, 5.41) is 0. The van der Waals surface area contributed by atoms with E-state index in [1.165, 1.54) is 36.8 Å². The molecule has 0 amide bonds. The Morgan fingerprint density at radius 2 is 2.17 bits per heavy atom. The lowest BCUT2D eigenvalue weighted by Crippen LogP contribution is -2.11. The number of hydrogen-bond acceptors (Lipinski definition) is 1. The van der Waals surface area contributed by atoms with Crippen LogP contribution in [0.2, 0.25) is 0 Å². The smallest absolute Gasteiger partial charge is 0.178 e. The summed E-state index contributed by atoms with van der Waals surface area (Å²) in [6.45, 7) is 5.50. The highest BCUT2D eigenvalue weighted by Crippen LogP contribution is 2.51. The molecule has 96 valence electrons. The zero-order valence-electron chi connectivity index (χ0n) is 11.1. The molecule has 1 aromatic carbocycles. The molecule has 0 bridgehead atoms. The number of aromatic nitrogens is 2. The van der Waals surface area contributed by atoms with Crippen LogP contribution in [0.25, 0.3) is 11.0 Å². The molecule has 3 heteroatoms. The van der Waals surface area contributed by atoms with Crippen LogP contribution in [0.1, 0.15) is 38.2 Å². The number of nitrogens with one attached hydrogen (secondary N) is 1. The van der Waals surface area contributed by atoms with Crippen LogP contribution in [-0.4, -0.2) is 9.55 Å². The summed E-state index contributed by atoms with van der Waals surface area (Å²) in [7, 11) is 0. The van der Waals surface area contributed by atoms with Gasteiger partial charge in [0.25, 0.3) is 0 Å². The van der Waals surface area contributed by atoms with Gasteiger partial charge in [0, 0.05) is 6.54 Å². The molecule has 1 saturated carbocycles. The molecular formula is C15H20N2S. The molecule has 2 aromatic rings. The van der Waals surface area contributed by atoms with Crippen molar-refractivity contribution in [2.75, 3.05) is 0 Å². The molecule has 18 heavy (non-hydrogen) atoms. The molecule has 0 radical (unpaired) electrons. The number of hydrogen-bond donors (Lipinski definition) is 1. The molecular weight excluding hydrogens is 240 g/mol. The third-order valence-electron chi connectivity index (χ3n) is 4.16. The van der Waals surface area contributed by atoms with Crippen LogP contribution in [-0.2, 0) is 6.54 Å². The molecule has 1 aliphatic carbocycles. The largest absolute Gasteiger partial charge is 0.331 e. The summed E-state index contributed by atoms with van der Waals surface area (Å²) in [6, 6.07) is 6.51. The fraction of sp³-hybridized carbons (Fsp3) is 0.533. The van der Waals surface area contributed by atoms with Gasteiger partial charge in [-0.05, 0) is 61.5 Å². The maximum Gasteiger partial charge on any atom is 0.178 e. The molecule has 1 aliphatic rings. The number of benzene rings is 1. The molecule has 2 nitrogen and oxygen atoms in total. The van der Waals surface area contributed by atoms with Crippen molar-refractivity contribution < 1.29 is 0 Å². The number of nitrogens with zero attached hydrogens (tertiary/aromatic N) is 1. The van der Waals surface area contributed by atoms with E-state index in [4.69, 9.17) is 12.2 Å². The van der Waals surface area contributed by atoms with Crippen LogP contribution in [0.3, 0.4) is 0 Å². The molecule has 0 spiro atoms. The van der Waals surface area contributed by atoms with E-state index in [9.17, 15) is 0 Å². The van der Waals surface area contributed by atoms with E-state index >= 15 is 0 Å². The minimum atomic E-state index is 0.534. The predicted octanol–water partition coefficient (Wildman–Crippen LogP) is 4.59. The van der Waals surface area contributed by atoms with Gasteiger partial charge in [-0.2, -0.15) is 0 Å². The summed E-state index contributed by atoms with van der Waals surface area (Å²) in [6.07, 6.45) is 5.32. The highest BCUT2D eigenvalue weighted by molar-refractivity contribution is 7.71. The quantitative estimate of drug-likeness (QED) is 0.797. The maximum atomic E-state index is 5.48. The number of aromatic amines is 1. The number of imidazole rings is 1. The second kappa shape index (κ2) is 4.23. The first-order valence-electron chi connectivity index (χ1n) is 6.83. The highest BCUT2D eigenvalue weighted by Gasteiger charge is 2.42. The zero-order valence-corrected chi connectivity index (χ0v) is 11.9. The van der Waals surface area contributed by atoms with Crippen molar-refractivity contribution >= 4 is 23.3 Å². The molecule has 0 saturated heterocycles. The van der Waals surface area contributed by atoms with Crippen LogP contribution in [0.5, 0.6) is 0 Å². The Morgan fingerprint density at radius 3 is 2.83 bits per heavy atom. The zero-order chi connectivity index (χ0) is 12.8. The Bertz CT molecular complexity index is 631. The van der Waals surface area contributed by atoms with Crippen LogP contribution < -0.4 is 0 Å². The van der Waals surface area contributed by atoms with Crippen LogP contribution >= 0.6 is 12.2 Å². The van der Waals surface area contributed by atoms with E-state index in [1.807, 2.05) is 0 Å². The number of fused-ring (bicyclic) bond motifs is 1. The average Bonchev–Trinajstić information content (AvgIpc) is 3.02. The Hall–Kier alpha value is -1.09. The van der Waals surface area contributed by atoms with E-state index in [0.29, 0.717) is 5.41 Å². The topological polar surface area (TPSA) is 20.7 Å². The number of aryl methyl sites for hydroxylation is 1. The molecule has 1 heterocycles. The minimum Gasteiger partial charge on any atom is -0.331 e. The van der Waals surface area contributed by atoms with Crippen molar-refractivity contribution in [1.82, 2.24) is 9.55 Å². The van der Waals surface area contributed by atoms with Crippen LogP contribution in [0.15, 0.2) is 18.2 Å². The van der Waals surface area contributed by atoms with Crippen molar-refractivity contribution in [3.63, 3.8) is 0 Å². The van der Waals surface area contributed by atoms with Gasteiger partial charge in [-0.3, -0.25) is 0 Å². The standard InChI is InChI=1S/C15H20N2S/c1-3-6-15(7-8-15)10-17-13-9-11(2)4-5-12(13)16-14(17)18/h4-5,9H,3,6-8,10H2,1-2H3,(H,16,18). The van der Waals surface area contributed by atoms with E-state index in [1.54, 1.807) is 0 Å². The molecule has 0 unspecified atom stereocenters. The Balaban J connectivity index is 2.03. The third-order valence-corrected chi connectivity index (χ3v) is 4.48. The van der Waals surface area contributed by atoms with Crippen molar-refractivity contribution in [1.29, 1.82) is 0 Å². The summed E-state index contributed by atoms with van der Waals surface area (Å²) in [5.41, 5.74) is 4.26. The van der Waals surface area contributed by atoms with Gasteiger partial charge in [-0.25, -0.2) is 0 Å². The minimum absolute atomic E-state index is 0.534. The van der Waals surface area contributed by atoms with Crippen molar-refractivity contribution in [3.8, 4) is 0 Å². The first-order valence-corrected chi connectivity index (χ1v) is 7.24. The lowest BCUT2D eigenvalue weighted by molar-refractivity contribution is 0.391. The van der Waals surface area contributed by atoms with Gasteiger partial charge in [0.05, 0.1) is 11.0 Å². The maximum absolute atomic E-state index is 5.48. The fourth-order valence-electron chi connectivity index (χ4n) is 2.95. The normalized spacial score (nSPS) is 17.2. The molecule has 3 rings (SSSR count). The van der Waals surface area contributed by atoms with Crippen molar-refractivity contribution in [2.45, 2.75) is 46.1 Å². The van der Waals surface area contributed by atoms with E-state index < -0.39 is 0 Å².